The highest BCUT2D eigenvalue weighted by atomic mass is 35.5. The summed E-state index contributed by atoms with van der Waals surface area (Å²) >= 11 is 5.89. The average Bonchev–Trinajstić information content (AvgIpc) is 2.50. The van der Waals surface area contributed by atoms with Crippen molar-refractivity contribution < 1.29 is 4.52 Å². The van der Waals surface area contributed by atoms with Crippen LogP contribution in [0.5, 0.6) is 0 Å². The van der Waals surface area contributed by atoms with Crippen LogP contribution in [0.4, 0.5) is 0 Å². The minimum atomic E-state index is 0.738. The minimum Gasteiger partial charge on any atom is -0.356 e. The quantitative estimate of drug-likeness (QED) is 0.676. The van der Waals surface area contributed by atoms with Crippen LogP contribution >= 0.6 is 11.6 Å². The number of rotatable bonds is 1. The van der Waals surface area contributed by atoms with Crippen molar-refractivity contribution in [2.75, 3.05) is 0 Å². The molecular formula is C9H8ClNO. The molecule has 0 saturated carbocycles. The van der Waals surface area contributed by atoms with Gasteiger partial charge in [-0.15, -0.1) is 0 Å². The second-order valence-electron chi connectivity index (χ2n) is 2.66. The van der Waals surface area contributed by atoms with Gasteiger partial charge in [0.05, 0.1) is 6.20 Å². The van der Waals surface area contributed by atoms with Crippen molar-refractivity contribution in [1.82, 2.24) is 5.16 Å². The number of hydrogen-bond donors (Lipinski definition) is 0. The first-order valence-corrected chi connectivity index (χ1v) is 4.22. The van der Waals surface area contributed by atoms with Gasteiger partial charge < -0.3 is 4.52 Å². The van der Waals surface area contributed by atoms with Crippen LogP contribution in [-0.4, -0.2) is 5.16 Å². The number of hydrogen-bond acceptors (Lipinski definition) is 2. The lowest BCUT2D eigenvalue weighted by Crippen LogP contribution is -1.80. The molecule has 0 bridgehead atoms. The van der Waals surface area contributed by atoms with E-state index in [1.54, 1.807) is 6.20 Å². The van der Waals surface area contributed by atoms with Crippen molar-refractivity contribution in [3.8, 4) is 0 Å². The molecule has 0 radical (unpaired) electrons. The van der Waals surface area contributed by atoms with Gasteiger partial charge in [-0.3, -0.25) is 0 Å². The molecule has 0 amide bonds. The Kier molecular flexibility index (Phi) is 1.77. The maximum absolute atomic E-state index is 5.89. The lowest BCUT2D eigenvalue weighted by Gasteiger charge is -1.96. The highest BCUT2D eigenvalue weighted by Crippen LogP contribution is 2.23. The SMILES string of the molecule is CCc1cc(Cl)cc2cnoc12. The summed E-state index contributed by atoms with van der Waals surface area (Å²) < 4.78 is 5.09. The van der Waals surface area contributed by atoms with Gasteiger partial charge in [0, 0.05) is 10.4 Å². The molecule has 2 nitrogen and oxygen atoms in total. The highest BCUT2D eigenvalue weighted by molar-refractivity contribution is 6.31. The van der Waals surface area contributed by atoms with E-state index in [0.717, 1.165) is 28.0 Å². The summed E-state index contributed by atoms with van der Waals surface area (Å²) in [5.41, 5.74) is 1.96. The van der Waals surface area contributed by atoms with Gasteiger partial charge in [-0.2, -0.15) is 0 Å². The zero-order chi connectivity index (χ0) is 8.55. The normalized spacial score (nSPS) is 10.8. The first kappa shape index (κ1) is 7.62. The number of fused-ring (bicyclic) bond motifs is 1. The van der Waals surface area contributed by atoms with E-state index in [0.29, 0.717) is 0 Å². The molecule has 0 fully saturated rings. The van der Waals surface area contributed by atoms with Crippen LogP contribution in [0.3, 0.4) is 0 Å². The number of halogens is 1. The van der Waals surface area contributed by atoms with Gasteiger partial charge in [0.25, 0.3) is 0 Å². The van der Waals surface area contributed by atoms with Gasteiger partial charge in [-0.05, 0) is 24.1 Å². The van der Waals surface area contributed by atoms with Crippen molar-refractivity contribution in [1.29, 1.82) is 0 Å². The van der Waals surface area contributed by atoms with Crippen LogP contribution in [0.25, 0.3) is 11.0 Å². The van der Waals surface area contributed by atoms with E-state index in [2.05, 4.69) is 12.1 Å². The smallest absolute Gasteiger partial charge is 0.170 e. The van der Waals surface area contributed by atoms with Crippen molar-refractivity contribution in [3.63, 3.8) is 0 Å². The number of nitrogens with zero attached hydrogens (tertiary/aromatic N) is 1. The monoisotopic (exact) mass is 181 g/mol. The molecule has 0 atom stereocenters. The van der Waals surface area contributed by atoms with Gasteiger partial charge in [-0.1, -0.05) is 23.7 Å². The zero-order valence-electron chi connectivity index (χ0n) is 6.67. The summed E-state index contributed by atoms with van der Waals surface area (Å²) in [5.74, 6) is 0. The van der Waals surface area contributed by atoms with Crippen molar-refractivity contribution >= 4 is 22.6 Å². The molecule has 0 N–H and O–H groups in total. The third kappa shape index (κ3) is 1.08. The van der Waals surface area contributed by atoms with E-state index in [-0.39, 0.29) is 0 Å². The van der Waals surface area contributed by atoms with Crippen LogP contribution in [0.1, 0.15) is 12.5 Å². The van der Waals surface area contributed by atoms with E-state index < -0.39 is 0 Å². The molecule has 0 unspecified atom stereocenters. The number of aromatic nitrogens is 1. The Morgan fingerprint density at radius 2 is 2.33 bits per heavy atom. The first-order valence-electron chi connectivity index (χ1n) is 3.84. The number of aryl methyl sites for hydroxylation is 1. The standard InChI is InChI=1S/C9H8ClNO/c1-2-6-3-8(10)4-7-5-11-12-9(6)7/h3-5H,2H2,1H3. The third-order valence-corrected chi connectivity index (χ3v) is 2.09. The van der Waals surface area contributed by atoms with Gasteiger partial charge >= 0.3 is 0 Å². The van der Waals surface area contributed by atoms with E-state index >= 15 is 0 Å². The van der Waals surface area contributed by atoms with Crippen LogP contribution in [0.2, 0.25) is 5.02 Å². The Bertz CT molecular complexity index is 408. The van der Waals surface area contributed by atoms with Gasteiger partial charge in [0.2, 0.25) is 0 Å². The zero-order valence-corrected chi connectivity index (χ0v) is 7.43. The van der Waals surface area contributed by atoms with Crippen molar-refractivity contribution in [2.24, 2.45) is 0 Å². The molecule has 1 heterocycles. The summed E-state index contributed by atoms with van der Waals surface area (Å²) in [5, 5.41) is 5.43. The minimum absolute atomic E-state index is 0.738. The maximum atomic E-state index is 5.89. The average molecular weight is 182 g/mol. The second-order valence-corrected chi connectivity index (χ2v) is 3.10. The molecule has 1 aromatic heterocycles. The lowest BCUT2D eigenvalue weighted by molar-refractivity contribution is 0.454. The topological polar surface area (TPSA) is 26.0 Å². The van der Waals surface area contributed by atoms with E-state index in [1.165, 1.54) is 0 Å². The van der Waals surface area contributed by atoms with Crippen LogP contribution in [-0.2, 0) is 6.42 Å². The van der Waals surface area contributed by atoms with Crippen LogP contribution < -0.4 is 0 Å². The molecule has 0 aliphatic carbocycles. The molecule has 0 spiro atoms. The second kappa shape index (κ2) is 2.79. The van der Waals surface area contributed by atoms with Crippen LogP contribution in [0.15, 0.2) is 22.9 Å². The largest absolute Gasteiger partial charge is 0.356 e. The molecule has 12 heavy (non-hydrogen) atoms. The Labute approximate surface area is 75.1 Å². The maximum Gasteiger partial charge on any atom is 0.170 e. The molecule has 0 aliphatic rings. The first-order chi connectivity index (χ1) is 5.81. The van der Waals surface area contributed by atoms with Gasteiger partial charge in [0.1, 0.15) is 0 Å². The fraction of sp³-hybridized carbons (Fsp3) is 0.222. The van der Waals surface area contributed by atoms with Crippen molar-refractivity contribution in [2.45, 2.75) is 13.3 Å². The Balaban J connectivity index is 2.80. The molecule has 2 rings (SSSR count). The summed E-state index contributed by atoms with van der Waals surface area (Å²) in [6.45, 7) is 2.06. The molecule has 0 aliphatic heterocycles. The molecule has 3 heteroatoms. The Morgan fingerprint density at radius 3 is 3.08 bits per heavy atom. The molecule has 2 aromatic rings. The third-order valence-electron chi connectivity index (χ3n) is 1.88. The molecular weight excluding hydrogens is 174 g/mol. The lowest BCUT2D eigenvalue weighted by atomic mass is 10.1. The predicted octanol–water partition coefficient (Wildman–Crippen LogP) is 3.04. The molecule has 1 aromatic carbocycles. The summed E-state index contributed by atoms with van der Waals surface area (Å²) in [7, 11) is 0. The van der Waals surface area contributed by atoms with E-state index in [1.807, 2.05) is 12.1 Å². The number of benzene rings is 1. The summed E-state index contributed by atoms with van der Waals surface area (Å²) in [6, 6.07) is 3.77. The Morgan fingerprint density at radius 1 is 1.50 bits per heavy atom. The van der Waals surface area contributed by atoms with Crippen molar-refractivity contribution in [3.05, 3.63) is 28.9 Å². The Hall–Kier alpha value is -1.02. The summed E-state index contributed by atoms with van der Waals surface area (Å²) in [6.07, 6.45) is 2.59. The highest BCUT2D eigenvalue weighted by Gasteiger charge is 2.05. The van der Waals surface area contributed by atoms with Gasteiger partial charge in [0.15, 0.2) is 5.58 Å². The summed E-state index contributed by atoms with van der Waals surface area (Å²) in [4.78, 5) is 0. The molecule has 0 saturated heterocycles. The predicted molar refractivity (Wildman–Crippen MR) is 48.4 cm³/mol. The van der Waals surface area contributed by atoms with Crippen LogP contribution in [0, 0.1) is 0 Å². The van der Waals surface area contributed by atoms with Gasteiger partial charge in [-0.25, -0.2) is 0 Å². The fourth-order valence-electron chi connectivity index (χ4n) is 1.28. The van der Waals surface area contributed by atoms with E-state index in [9.17, 15) is 0 Å². The fourth-order valence-corrected chi connectivity index (χ4v) is 1.53. The van der Waals surface area contributed by atoms with E-state index in [4.69, 9.17) is 16.1 Å². The molecule has 62 valence electrons.